The van der Waals surface area contributed by atoms with Gasteiger partial charge in [-0.25, -0.2) is 4.98 Å². The molecule has 0 unspecified atom stereocenters. The molecule has 7 nitrogen and oxygen atoms in total. The highest BCUT2D eigenvalue weighted by Crippen LogP contribution is 2.34. The van der Waals surface area contributed by atoms with Gasteiger partial charge in [0.05, 0.1) is 15.1 Å². The molecule has 9 heteroatoms. The number of thioether (sulfide) groups is 1. The van der Waals surface area contributed by atoms with Crippen LogP contribution in [0.1, 0.15) is 29.6 Å². The smallest absolute Gasteiger partial charge is 0.293 e. The Labute approximate surface area is 176 Å². The molecule has 3 aromatic rings. The number of amides is 1. The fourth-order valence-corrected chi connectivity index (χ4v) is 5.04. The first-order valence-electron chi connectivity index (χ1n) is 9.35. The molecule has 0 aliphatic carbocycles. The number of benzene rings is 2. The summed E-state index contributed by atoms with van der Waals surface area (Å²) in [4.78, 5) is 31.5. The summed E-state index contributed by atoms with van der Waals surface area (Å²) in [5.74, 6) is -0.400. The third-order valence-electron chi connectivity index (χ3n) is 4.95. The molecule has 1 aliphatic heterocycles. The van der Waals surface area contributed by atoms with E-state index < -0.39 is 10.8 Å². The Hall–Kier alpha value is -2.65. The van der Waals surface area contributed by atoms with Crippen LogP contribution in [0.15, 0.2) is 41.3 Å². The molecule has 0 atom stereocenters. The lowest BCUT2D eigenvalue weighted by Gasteiger charge is -2.28. The van der Waals surface area contributed by atoms with E-state index in [4.69, 9.17) is 0 Å². The first-order chi connectivity index (χ1) is 14.1. The van der Waals surface area contributed by atoms with E-state index in [0.29, 0.717) is 10.8 Å². The Morgan fingerprint density at radius 2 is 2.03 bits per heavy atom. The van der Waals surface area contributed by atoms with Crippen LogP contribution in [0.5, 0.6) is 0 Å². The molecular weight excluding hydrogens is 408 g/mol. The normalized spacial score (nSPS) is 14.2. The summed E-state index contributed by atoms with van der Waals surface area (Å²) in [6.07, 6.45) is 5.17. The number of nitrogens with zero attached hydrogens (tertiary/aromatic N) is 3. The number of nitro groups is 1. The monoisotopic (exact) mass is 428 g/mol. The Balaban J connectivity index is 1.60. The highest BCUT2D eigenvalue weighted by Gasteiger charge is 2.23. The summed E-state index contributed by atoms with van der Waals surface area (Å²) >= 11 is 2.99. The van der Waals surface area contributed by atoms with Crippen LogP contribution in [-0.4, -0.2) is 35.2 Å². The first-order valence-corrected chi connectivity index (χ1v) is 11.4. The molecule has 0 spiro atoms. The average Bonchev–Trinajstić information content (AvgIpc) is 3.16. The maximum atomic E-state index is 12.7. The lowest BCUT2D eigenvalue weighted by molar-refractivity contribution is -0.384. The lowest BCUT2D eigenvalue weighted by atomic mass is 10.1. The molecule has 1 saturated heterocycles. The number of rotatable bonds is 5. The number of fused-ring (bicyclic) bond motifs is 1. The van der Waals surface area contributed by atoms with Crippen LogP contribution in [-0.2, 0) is 0 Å². The summed E-state index contributed by atoms with van der Waals surface area (Å²) in [5.41, 5.74) is 1.65. The Kier molecular flexibility index (Phi) is 5.68. The van der Waals surface area contributed by atoms with Crippen molar-refractivity contribution in [2.45, 2.75) is 24.2 Å². The van der Waals surface area contributed by atoms with Gasteiger partial charge in [0.2, 0.25) is 0 Å². The van der Waals surface area contributed by atoms with Crippen molar-refractivity contribution >= 4 is 55.7 Å². The predicted octanol–water partition coefficient (Wildman–Crippen LogP) is 5.17. The van der Waals surface area contributed by atoms with Crippen molar-refractivity contribution in [3.8, 4) is 0 Å². The molecule has 2 aromatic carbocycles. The van der Waals surface area contributed by atoms with E-state index in [0.717, 1.165) is 47.5 Å². The van der Waals surface area contributed by atoms with Crippen molar-refractivity contribution in [3.05, 3.63) is 52.1 Å². The number of nitro benzene ring substituents is 1. The van der Waals surface area contributed by atoms with Crippen LogP contribution >= 0.6 is 23.1 Å². The van der Waals surface area contributed by atoms with Gasteiger partial charge in [0.25, 0.3) is 11.6 Å². The molecule has 0 saturated carbocycles. The van der Waals surface area contributed by atoms with Gasteiger partial charge in [-0.2, -0.15) is 0 Å². The number of aromatic nitrogens is 1. The number of thiazole rings is 1. The van der Waals surface area contributed by atoms with Crippen LogP contribution < -0.4 is 10.2 Å². The first kappa shape index (κ1) is 19.7. The van der Waals surface area contributed by atoms with Crippen LogP contribution in [0.3, 0.4) is 0 Å². The minimum Gasteiger partial charge on any atom is -0.366 e. The van der Waals surface area contributed by atoms with E-state index in [1.165, 1.54) is 17.4 Å². The standard InChI is InChI=1S/C20H20N4O3S2/c1-28-16-6-5-7-17-18(16)21-20(29-17)22-19(25)13-8-9-14(15(12-13)24(26)27)23-10-3-2-4-11-23/h5-9,12H,2-4,10-11H2,1H3,(H,21,22,25). The van der Waals surface area contributed by atoms with Gasteiger partial charge in [0.1, 0.15) is 5.69 Å². The molecule has 1 amide bonds. The SMILES string of the molecule is CSc1cccc2sc(NC(=O)c3ccc(N4CCCCC4)c([N+](=O)[O-])c3)nc12. The van der Waals surface area contributed by atoms with Crippen molar-refractivity contribution in [2.24, 2.45) is 0 Å². The van der Waals surface area contributed by atoms with E-state index >= 15 is 0 Å². The average molecular weight is 429 g/mol. The molecule has 0 radical (unpaired) electrons. The molecule has 1 aliphatic rings. The molecule has 4 rings (SSSR count). The molecule has 1 N–H and O–H groups in total. The number of para-hydroxylation sites is 1. The molecule has 1 aromatic heterocycles. The largest absolute Gasteiger partial charge is 0.366 e. The van der Waals surface area contributed by atoms with Crippen molar-refractivity contribution in [1.82, 2.24) is 4.98 Å². The highest BCUT2D eigenvalue weighted by atomic mass is 32.2. The van der Waals surface area contributed by atoms with Gasteiger partial charge in [0, 0.05) is 29.6 Å². The zero-order chi connectivity index (χ0) is 20.4. The molecule has 29 heavy (non-hydrogen) atoms. The van der Waals surface area contributed by atoms with Crippen molar-refractivity contribution in [3.63, 3.8) is 0 Å². The molecule has 1 fully saturated rings. The maximum Gasteiger partial charge on any atom is 0.293 e. The molecule has 0 bridgehead atoms. The van der Waals surface area contributed by atoms with E-state index in [-0.39, 0.29) is 11.3 Å². The second-order valence-electron chi connectivity index (χ2n) is 6.79. The molecular formula is C20H20N4O3S2. The molecule has 2 heterocycles. The third-order valence-corrected chi connectivity index (χ3v) is 6.66. The summed E-state index contributed by atoms with van der Waals surface area (Å²) in [6.45, 7) is 1.60. The zero-order valence-corrected chi connectivity index (χ0v) is 17.5. The third kappa shape index (κ3) is 4.06. The van der Waals surface area contributed by atoms with Gasteiger partial charge in [-0.15, -0.1) is 11.8 Å². The van der Waals surface area contributed by atoms with Crippen LogP contribution in [0.4, 0.5) is 16.5 Å². The number of hydrogen-bond acceptors (Lipinski definition) is 7. The quantitative estimate of drug-likeness (QED) is 0.343. The van der Waals surface area contributed by atoms with Gasteiger partial charge in [-0.3, -0.25) is 20.2 Å². The second kappa shape index (κ2) is 8.38. The topological polar surface area (TPSA) is 88.4 Å². The number of carbonyl (C=O) groups excluding carboxylic acids is 1. The van der Waals surface area contributed by atoms with Gasteiger partial charge < -0.3 is 4.90 Å². The van der Waals surface area contributed by atoms with Gasteiger partial charge in [-0.1, -0.05) is 17.4 Å². The molecule has 150 valence electrons. The minimum absolute atomic E-state index is 0.0338. The maximum absolute atomic E-state index is 12.7. The number of anilines is 2. The van der Waals surface area contributed by atoms with Gasteiger partial charge >= 0.3 is 0 Å². The van der Waals surface area contributed by atoms with Crippen LogP contribution in [0.25, 0.3) is 10.2 Å². The predicted molar refractivity (Wildman–Crippen MR) is 119 cm³/mol. The summed E-state index contributed by atoms with van der Waals surface area (Å²) in [5, 5.41) is 14.9. The van der Waals surface area contributed by atoms with Gasteiger partial charge in [0.15, 0.2) is 5.13 Å². The van der Waals surface area contributed by atoms with Crippen molar-refractivity contribution in [1.29, 1.82) is 0 Å². The summed E-state index contributed by atoms with van der Waals surface area (Å²) in [7, 11) is 0. The highest BCUT2D eigenvalue weighted by molar-refractivity contribution is 7.98. The Bertz CT molecular complexity index is 1080. The lowest BCUT2D eigenvalue weighted by Crippen LogP contribution is -2.30. The zero-order valence-electron chi connectivity index (χ0n) is 15.9. The minimum atomic E-state index is -0.414. The Morgan fingerprint density at radius 3 is 2.76 bits per heavy atom. The Morgan fingerprint density at radius 1 is 1.24 bits per heavy atom. The van der Waals surface area contributed by atoms with Crippen LogP contribution in [0, 0.1) is 10.1 Å². The number of carbonyl (C=O) groups is 1. The van der Waals surface area contributed by atoms with E-state index in [1.807, 2.05) is 29.4 Å². The van der Waals surface area contributed by atoms with E-state index in [2.05, 4.69) is 10.3 Å². The van der Waals surface area contributed by atoms with Crippen LogP contribution in [0.2, 0.25) is 0 Å². The van der Waals surface area contributed by atoms with Crippen molar-refractivity contribution in [2.75, 3.05) is 29.6 Å². The summed E-state index contributed by atoms with van der Waals surface area (Å²) < 4.78 is 0.985. The number of nitrogens with one attached hydrogen (secondary N) is 1. The fraction of sp³-hybridized carbons (Fsp3) is 0.300. The van der Waals surface area contributed by atoms with Gasteiger partial charge in [-0.05, 0) is 49.8 Å². The number of piperidine rings is 1. The fourth-order valence-electron chi connectivity index (χ4n) is 3.52. The number of hydrogen-bond donors (Lipinski definition) is 1. The van der Waals surface area contributed by atoms with E-state index in [9.17, 15) is 14.9 Å². The van der Waals surface area contributed by atoms with Crippen molar-refractivity contribution < 1.29 is 9.72 Å². The van der Waals surface area contributed by atoms with E-state index in [1.54, 1.807) is 23.9 Å². The summed E-state index contributed by atoms with van der Waals surface area (Å²) in [6, 6.07) is 10.6. The second-order valence-corrected chi connectivity index (χ2v) is 8.67.